The lowest BCUT2D eigenvalue weighted by molar-refractivity contribution is -0.127. The van der Waals surface area contributed by atoms with Gasteiger partial charge in [-0.2, -0.15) is 4.98 Å². The molecule has 1 heterocycles. The molecule has 1 amide bonds. The smallest absolute Gasteiger partial charge is 0.248 e. The van der Waals surface area contributed by atoms with Crippen LogP contribution in [0.25, 0.3) is 0 Å². The number of nitrogens with zero attached hydrogens (tertiary/aromatic N) is 2. The Morgan fingerprint density at radius 2 is 1.79 bits per heavy atom. The summed E-state index contributed by atoms with van der Waals surface area (Å²) in [5.74, 6) is 0.672. The number of carbonyl (C=O) groups excluding carboxylic acids is 1. The van der Waals surface area contributed by atoms with Gasteiger partial charge >= 0.3 is 0 Å². The second-order valence-corrected chi connectivity index (χ2v) is 6.97. The predicted molar refractivity (Wildman–Crippen MR) is 94.8 cm³/mol. The van der Waals surface area contributed by atoms with Gasteiger partial charge in [0.25, 0.3) is 0 Å². The highest BCUT2D eigenvalue weighted by molar-refractivity contribution is 5.87. The molecule has 3 N–H and O–H groups in total. The third kappa shape index (κ3) is 4.33. The van der Waals surface area contributed by atoms with Crippen molar-refractivity contribution in [3.63, 3.8) is 0 Å². The van der Waals surface area contributed by atoms with Gasteiger partial charge in [-0.05, 0) is 19.4 Å². The van der Waals surface area contributed by atoms with E-state index in [2.05, 4.69) is 15.5 Å². The Balaban J connectivity index is 0.00000288. The summed E-state index contributed by atoms with van der Waals surface area (Å²) in [5, 5.41) is 6.81. The van der Waals surface area contributed by atoms with Crippen molar-refractivity contribution in [1.82, 2.24) is 15.5 Å². The third-order valence-electron chi connectivity index (χ3n) is 3.68. The van der Waals surface area contributed by atoms with E-state index in [1.165, 1.54) is 0 Å². The number of aromatic nitrogens is 2. The Labute approximate surface area is 148 Å². The van der Waals surface area contributed by atoms with E-state index in [1.54, 1.807) is 13.8 Å². The van der Waals surface area contributed by atoms with E-state index < -0.39 is 11.6 Å². The van der Waals surface area contributed by atoms with Crippen LogP contribution in [0.4, 0.5) is 0 Å². The van der Waals surface area contributed by atoms with E-state index in [0.717, 1.165) is 5.56 Å². The largest absolute Gasteiger partial charge is 0.343 e. The highest BCUT2D eigenvalue weighted by Crippen LogP contribution is 2.22. The van der Waals surface area contributed by atoms with E-state index >= 15 is 0 Å². The molecule has 24 heavy (non-hydrogen) atoms. The Bertz CT molecular complexity index is 677. The van der Waals surface area contributed by atoms with Crippen molar-refractivity contribution in [3.05, 3.63) is 47.6 Å². The van der Waals surface area contributed by atoms with Gasteiger partial charge < -0.3 is 15.6 Å². The molecular formula is C17H25ClN4O2. The normalized spacial score (nSPS) is 15.1. The fourth-order valence-corrected chi connectivity index (χ4v) is 2.04. The van der Waals surface area contributed by atoms with E-state index in [-0.39, 0.29) is 23.7 Å². The first-order valence-corrected chi connectivity index (χ1v) is 7.62. The molecule has 6 nitrogen and oxygen atoms in total. The molecule has 1 aromatic heterocycles. The van der Waals surface area contributed by atoms with Crippen LogP contribution < -0.4 is 11.1 Å². The Morgan fingerprint density at radius 3 is 2.29 bits per heavy atom. The molecule has 0 radical (unpaired) electrons. The van der Waals surface area contributed by atoms with Gasteiger partial charge in [0.15, 0.2) is 5.82 Å². The molecule has 0 bridgehead atoms. The minimum absolute atomic E-state index is 0. The SMILES string of the molecule is CC(NC(=O)C(C)(N)c1ccccc1)c1nc(C(C)(C)C)no1.Cl. The molecule has 2 atom stereocenters. The standard InChI is InChI=1S/C17H24N4O2.ClH/c1-11(13-20-14(21-23-13)16(2,3)4)19-15(22)17(5,18)12-9-7-6-8-10-12;/h6-11H,18H2,1-5H3,(H,19,22);1H. The van der Waals surface area contributed by atoms with Crippen LogP contribution in [0.3, 0.4) is 0 Å². The summed E-state index contributed by atoms with van der Waals surface area (Å²) >= 11 is 0. The second kappa shape index (κ2) is 7.32. The summed E-state index contributed by atoms with van der Waals surface area (Å²) in [7, 11) is 0. The number of nitrogens with two attached hydrogens (primary N) is 1. The van der Waals surface area contributed by atoms with E-state index in [1.807, 2.05) is 51.1 Å². The van der Waals surface area contributed by atoms with Crippen LogP contribution in [-0.4, -0.2) is 16.0 Å². The highest BCUT2D eigenvalue weighted by Gasteiger charge is 2.32. The maximum Gasteiger partial charge on any atom is 0.248 e. The predicted octanol–water partition coefficient (Wildman–Crippen LogP) is 2.84. The summed E-state index contributed by atoms with van der Waals surface area (Å²) in [6, 6.07) is 8.82. The fraction of sp³-hybridized carbons (Fsp3) is 0.471. The van der Waals surface area contributed by atoms with Crippen LogP contribution >= 0.6 is 12.4 Å². The number of hydrogen-bond donors (Lipinski definition) is 2. The van der Waals surface area contributed by atoms with Crippen molar-refractivity contribution in [2.45, 2.75) is 51.6 Å². The lowest BCUT2D eigenvalue weighted by atomic mass is 9.92. The van der Waals surface area contributed by atoms with Crippen molar-refractivity contribution in [1.29, 1.82) is 0 Å². The zero-order chi connectivity index (χ0) is 17.3. The molecule has 0 aliphatic rings. The molecule has 0 saturated heterocycles. The third-order valence-corrected chi connectivity index (χ3v) is 3.68. The maximum atomic E-state index is 12.5. The van der Waals surface area contributed by atoms with Gasteiger partial charge in [0, 0.05) is 5.41 Å². The zero-order valence-electron chi connectivity index (χ0n) is 14.7. The minimum Gasteiger partial charge on any atom is -0.343 e. The molecule has 0 saturated carbocycles. The average molecular weight is 353 g/mol. The van der Waals surface area contributed by atoms with Crippen molar-refractivity contribution in [2.24, 2.45) is 5.73 Å². The Morgan fingerprint density at radius 1 is 1.21 bits per heavy atom. The van der Waals surface area contributed by atoms with Crippen LogP contribution in [0.5, 0.6) is 0 Å². The maximum absolute atomic E-state index is 12.5. The van der Waals surface area contributed by atoms with Gasteiger partial charge in [-0.25, -0.2) is 0 Å². The quantitative estimate of drug-likeness (QED) is 0.882. The van der Waals surface area contributed by atoms with Crippen LogP contribution in [0, 0.1) is 0 Å². The highest BCUT2D eigenvalue weighted by atomic mass is 35.5. The number of carbonyl (C=O) groups is 1. The number of halogens is 1. The van der Waals surface area contributed by atoms with Crippen molar-refractivity contribution in [3.8, 4) is 0 Å². The molecule has 1 aromatic carbocycles. The average Bonchev–Trinajstić information content (AvgIpc) is 2.98. The summed E-state index contributed by atoms with van der Waals surface area (Å²) in [6.45, 7) is 9.46. The second-order valence-electron chi connectivity index (χ2n) is 6.97. The lowest BCUT2D eigenvalue weighted by Gasteiger charge is -2.25. The summed E-state index contributed by atoms with van der Waals surface area (Å²) in [6.07, 6.45) is 0. The first kappa shape index (κ1) is 20.1. The number of hydrogen-bond acceptors (Lipinski definition) is 5. The van der Waals surface area contributed by atoms with Crippen LogP contribution in [0.15, 0.2) is 34.9 Å². The molecule has 132 valence electrons. The lowest BCUT2D eigenvalue weighted by Crippen LogP contribution is -2.49. The van der Waals surface area contributed by atoms with Crippen LogP contribution in [-0.2, 0) is 15.7 Å². The first-order valence-electron chi connectivity index (χ1n) is 7.62. The Hall–Kier alpha value is -1.92. The molecule has 0 aliphatic heterocycles. The van der Waals surface area contributed by atoms with Crippen molar-refractivity contribution < 1.29 is 9.32 Å². The monoisotopic (exact) mass is 352 g/mol. The minimum atomic E-state index is -1.14. The molecule has 2 rings (SSSR count). The van der Waals surface area contributed by atoms with Crippen LogP contribution in [0.1, 0.15) is 57.9 Å². The number of benzene rings is 1. The molecule has 7 heteroatoms. The molecule has 2 unspecified atom stereocenters. The van der Waals surface area contributed by atoms with Crippen molar-refractivity contribution in [2.75, 3.05) is 0 Å². The van der Waals surface area contributed by atoms with Crippen LogP contribution in [0.2, 0.25) is 0 Å². The van der Waals surface area contributed by atoms with Gasteiger partial charge in [0.1, 0.15) is 11.6 Å². The van der Waals surface area contributed by atoms with E-state index in [0.29, 0.717) is 11.7 Å². The topological polar surface area (TPSA) is 94.0 Å². The Kier molecular flexibility index (Phi) is 6.14. The molecular weight excluding hydrogens is 328 g/mol. The van der Waals surface area contributed by atoms with Gasteiger partial charge in [0.2, 0.25) is 11.8 Å². The summed E-state index contributed by atoms with van der Waals surface area (Å²) in [4.78, 5) is 16.9. The van der Waals surface area contributed by atoms with Gasteiger partial charge in [0.05, 0.1) is 0 Å². The fourth-order valence-electron chi connectivity index (χ4n) is 2.04. The number of amides is 1. The molecule has 2 aromatic rings. The summed E-state index contributed by atoms with van der Waals surface area (Å²) in [5.41, 5.74) is 5.60. The van der Waals surface area contributed by atoms with Gasteiger partial charge in [-0.15, -0.1) is 12.4 Å². The number of nitrogens with one attached hydrogen (secondary N) is 1. The zero-order valence-corrected chi connectivity index (χ0v) is 15.5. The van der Waals surface area contributed by atoms with Crippen molar-refractivity contribution >= 4 is 18.3 Å². The number of rotatable bonds is 4. The first-order chi connectivity index (χ1) is 10.6. The van der Waals surface area contributed by atoms with E-state index in [4.69, 9.17) is 10.3 Å². The van der Waals surface area contributed by atoms with Gasteiger partial charge in [-0.3, -0.25) is 4.79 Å². The molecule has 0 aliphatic carbocycles. The molecule has 0 spiro atoms. The van der Waals surface area contributed by atoms with E-state index in [9.17, 15) is 4.79 Å². The van der Waals surface area contributed by atoms with Gasteiger partial charge in [-0.1, -0.05) is 56.3 Å². The molecule has 0 fully saturated rings. The summed E-state index contributed by atoms with van der Waals surface area (Å²) < 4.78 is 5.26.